The minimum Gasteiger partial charge on any atom is -0.158 e. The molecular weight excluding hydrogens is 208 g/mol. The van der Waals surface area contributed by atoms with Gasteiger partial charge in [0.25, 0.3) is 0 Å². The van der Waals surface area contributed by atoms with E-state index in [4.69, 9.17) is 0 Å². The zero-order valence-electron chi connectivity index (χ0n) is 9.37. The van der Waals surface area contributed by atoms with Gasteiger partial charge in [0.1, 0.15) is 0 Å². The molecule has 2 heteroatoms. The van der Waals surface area contributed by atoms with E-state index in [1.165, 1.54) is 35.9 Å². The van der Waals surface area contributed by atoms with Gasteiger partial charge in [-0.25, -0.2) is 0 Å². The predicted octanol–water partition coefficient (Wildman–Crippen LogP) is 4.39. The Hall–Kier alpha value is 0.180. The molecule has 0 saturated heterocycles. The van der Waals surface area contributed by atoms with E-state index in [-0.39, 0.29) is 0 Å². The van der Waals surface area contributed by atoms with Crippen molar-refractivity contribution >= 4 is 23.5 Å². The number of rotatable bonds is 9. The summed E-state index contributed by atoms with van der Waals surface area (Å²) in [6.45, 7) is 4.16. The first-order chi connectivity index (χ1) is 6.91. The van der Waals surface area contributed by atoms with Gasteiger partial charge in [-0.15, -0.1) is 0 Å². The second-order valence-electron chi connectivity index (χ2n) is 3.00. The van der Waals surface area contributed by atoms with Crippen molar-refractivity contribution in [1.82, 2.24) is 0 Å². The van der Waals surface area contributed by atoms with E-state index >= 15 is 0 Å². The molecule has 0 aromatic carbocycles. The molecule has 0 aromatic heterocycles. The van der Waals surface area contributed by atoms with Gasteiger partial charge in [-0.05, 0) is 38.2 Å². The highest BCUT2D eigenvalue weighted by Crippen LogP contribution is 2.09. The van der Waals surface area contributed by atoms with E-state index in [0.29, 0.717) is 0 Å². The van der Waals surface area contributed by atoms with E-state index < -0.39 is 0 Å². The lowest BCUT2D eigenvalue weighted by atomic mass is 10.4. The maximum absolute atomic E-state index is 2.23. The maximum atomic E-state index is 2.23. The van der Waals surface area contributed by atoms with Crippen molar-refractivity contribution in [1.29, 1.82) is 0 Å². The molecule has 0 spiro atoms. The Labute approximate surface area is 97.6 Å². The summed E-state index contributed by atoms with van der Waals surface area (Å²) in [6, 6.07) is 0. The molecular formula is C12H22S2. The van der Waals surface area contributed by atoms with Crippen molar-refractivity contribution < 1.29 is 0 Å². The number of hydrogen-bond acceptors (Lipinski definition) is 2. The van der Waals surface area contributed by atoms with Crippen LogP contribution >= 0.6 is 23.5 Å². The standard InChI is InChI=1S/C12H22S2/c1-3-5-9-13-11-7-8-12-14-10-6-4-2/h3-6H,7-12H2,1-2H3. The van der Waals surface area contributed by atoms with Crippen LogP contribution in [0.1, 0.15) is 26.7 Å². The van der Waals surface area contributed by atoms with E-state index in [0.717, 1.165) is 0 Å². The number of hydrogen-bond donors (Lipinski definition) is 0. The van der Waals surface area contributed by atoms with E-state index in [1.54, 1.807) is 0 Å². The molecule has 0 rings (SSSR count). The highest BCUT2D eigenvalue weighted by atomic mass is 32.2. The first kappa shape index (κ1) is 14.2. The average molecular weight is 230 g/mol. The molecule has 0 unspecified atom stereocenters. The van der Waals surface area contributed by atoms with Crippen molar-refractivity contribution in [3.8, 4) is 0 Å². The Kier molecular flexibility index (Phi) is 13.3. The van der Waals surface area contributed by atoms with Crippen molar-refractivity contribution in [2.45, 2.75) is 26.7 Å². The number of allylic oxidation sites excluding steroid dienone is 2. The summed E-state index contributed by atoms with van der Waals surface area (Å²) in [5.74, 6) is 4.99. The Morgan fingerprint density at radius 1 is 0.786 bits per heavy atom. The zero-order chi connectivity index (χ0) is 10.5. The van der Waals surface area contributed by atoms with Crippen LogP contribution in [0.2, 0.25) is 0 Å². The van der Waals surface area contributed by atoms with Crippen LogP contribution in [-0.4, -0.2) is 23.0 Å². The van der Waals surface area contributed by atoms with Crippen molar-refractivity contribution in [3.63, 3.8) is 0 Å². The molecule has 0 aliphatic rings. The highest BCUT2D eigenvalue weighted by Gasteiger charge is 1.89. The van der Waals surface area contributed by atoms with Gasteiger partial charge < -0.3 is 0 Å². The maximum Gasteiger partial charge on any atom is 0.0113 e. The molecule has 82 valence electrons. The predicted molar refractivity (Wildman–Crippen MR) is 73.5 cm³/mol. The van der Waals surface area contributed by atoms with Crippen LogP contribution in [0.15, 0.2) is 24.3 Å². The van der Waals surface area contributed by atoms with Gasteiger partial charge in [0.15, 0.2) is 0 Å². The molecule has 0 aromatic rings. The van der Waals surface area contributed by atoms with Crippen LogP contribution in [0.25, 0.3) is 0 Å². The minimum atomic E-state index is 1.18. The van der Waals surface area contributed by atoms with Crippen LogP contribution in [0, 0.1) is 0 Å². The van der Waals surface area contributed by atoms with Crippen LogP contribution in [-0.2, 0) is 0 Å². The topological polar surface area (TPSA) is 0 Å². The van der Waals surface area contributed by atoms with E-state index in [2.05, 4.69) is 38.2 Å². The smallest absolute Gasteiger partial charge is 0.0113 e. The fraction of sp³-hybridized carbons (Fsp3) is 0.667. The lowest BCUT2D eigenvalue weighted by Gasteiger charge is -1.99. The Bertz CT molecular complexity index is 132. The fourth-order valence-electron chi connectivity index (χ4n) is 0.903. The second-order valence-corrected chi connectivity index (χ2v) is 5.29. The van der Waals surface area contributed by atoms with Crippen LogP contribution in [0.4, 0.5) is 0 Å². The number of thioether (sulfide) groups is 2. The van der Waals surface area contributed by atoms with Crippen LogP contribution in [0.5, 0.6) is 0 Å². The summed E-state index contributed by atoms with van der Waals surface area (Å²) in [4.78, 5) is 0. The summed E-state index contributed by atoms with van der Waals surface area (Å²) in [5.41, 5.74) is 0. The first-order valence-corrected chi connectivity index (χ1v) is 7.60. The monoisotopic (exact) mass is 230 g/mol. The average Bonchev–Trinajstić information content (AvgIpc) is 2.21. The summed E-state index contributed by atoms with van der Waals surface area (Å²) >= 11 is 4.07. The van der Waals surface area contributed by atoms with Gasteiger partial charge in [-0.3, -0.25) is 0 Å². The van der Waals surface area contributed by atoms with Crippen LogP contribution in [0.3, 0.4) is 0 Å². The minimum absolute atomic E-state index is 1.18. The van der Waals surface area contributed by atoms with Crippen molar-refractivity contribution in [3.05, 3.63) is 24.3 Å². The Morgan fingerprint density at radius 3 is 1.57 bits per heavy atom. The van der Waals surface area contributed by atoms with E-state index in [1.807, 2.05) is 23.5 Å². The molecule has 0 fully saturated rings. The Morgan fingerprint density at radius 2 is 1.21 bits per heavy atom. The molecule has 0 bridgehead atoms. The Balaban J connectivity index is 2.92. The quantitative estimate of drug-likeness (QED) is 0.426. The highest BCUT2D eigenvalue weighted by molar-refractivity contribution is 7.99. The summed E-state index contributed by atoms with van der Waals surface area (Å²) in [7, 11) is 0. The largest absolute Gasteiger partial charge is 0.158 e. The molecule has 0 aliphatic carbocycles. The molecule has 0 aliphatic heterocycles. The third-order valence-electron chi connectivity index (χ3n) is 1.73. The lowest BCUT2D eigenvalue weighted by molar-refractivity contribution is 0.908. The van der Waals surface area contributed by atoms with Gasteiger partial charge in [0, 0.05) is 11.5 Å². The lowest BCUT2D eigenvalue weighted by Crippen LogP contribution is -1.85. The molecule has 0 nitrogen and oxygen atoms in total. The second kappa shape index (κ2) is 13.2. The van der Waals surface area contributed by atoms with E-state index in [9.17, 15) is 0 Å². The van der Waals surface area contributed by atoms with Gasteiger partial charge in [-0.2, -0.15) is 23.5 Å². The molecule has 0 N–H and O–H groups in total. The summed E-state index contributed by atoms with van der Waals surface area (Å²) in [5, 5.41) is 0. The van der Waals surface area contributed by atoms with Crippen LogP contribution < -0.4 is 0 Å². The fourth-order valence-corrected chi connectivity index (χ4v) is 2.71. The molecule has 0 amide bonds. The SMILES string of the molecule is CC=CCSCCCCSCC=CC. The molecule has 0 radical (unpaired) electrons. The first-order valence-electron chi connectivity index (χ1n) is 5.29. The zero-order valence-corrected chi connectivity index (χ0v) is 11.0. The summed E-state index contributed by atoms with van der Waals surface area (Å²) in [6.07, 6.45) is 11.4. The van der Waals surface area contributed by atoms with Gasteiger partial charge >= 0.3 is 0 Å². The van der Waals surface area contributed by atoms with Gasteiger partial charge in [-0.1, -0.05) is 24.3 Å². The molecule has 0 atom stereocenters. The number of unbranched alkanes of at least 4 members (excludes halogenated alkanes) is 1. The van der Waals surface area contributed by atoms with Crippen molar-refractivity contribution in [2.24, 2.45) is 0 Å². The third kappa shape index (κ3) is 12.2. The normalized spacial score (nSPS) is 11.9. The molecule has 0 heterocycles. The summed E-state index contributed by atoms with van der Waals surface area (Å²) < 4.78 is 0. The third-order valence-corrected chi connectivity index (χ3v) is 3.74. The molecule has 0 saturated carbocycles. The molecule has 14 heavy (non-hydrogen) atoms. The van der Waals surface area contributed by atoms with Crippen molar-refractivity contribution in [2.75, 3.05) is 23.0 Å². The van der Waals surface area contributed by atoms with Gasteiger partial charge in [0.2, 0.25) is 0 Å². The van der Waals surface area contributed by atoms with Gasteiger partial charge in [0.05, 0.1) is 0 Å².